The van der Waals surface area contributed by atoms with Crippen LogP contribution in [0.15, 0.2) is 18.2 Å². The van der Waals surface area contributed by atoms with E-state index in [9.17, 15) is 18.4 Å². The molecule has 1 amide bonds. The Labute approximate surface area is 115 Å². The minimum absolute atomic E-state index is 0.0575. The summed E-state index contributed by atoms with van der Waals surface area (Å²) in [6.07, 6.45) is 1.26. The second-order valence-corrected chi connectivity index (χ2v) is 4.71. The van der Waals surface area contributed by atoms with E-state index in [-0.39, 0.29) is 17.9 Å². The third-order valence-corrected chi connectivity index (χ3v) is 2.96. The number of halogens is 2. The van der Waals surface area contributed by atoms with Gasteiger partial charge in [-0.15, -0.1) is 0 Å². The second-order valence-electron chi connectivity index (χ2n) is 4.71. The van der Waals surface area contributed by atoms with Crippen LogP contribution in [0.4, 0.5) is 8.78 Å². The van der Waals surface area contributed by atoms with Crippen LogP contribution in [0.25, 0.3) is 0 Å². The summed E-state index contributed by atoms with van der Waals surface area (Å²) in [5.74, 6) is -3.22. The highest BCUT2D eigenvalue weighted by molar-refractivity contribution is 5.94. The lowest BCUT2D eigenvalue weighted by Gasteiger charge is -2.10. The van der Waals surface area contributed by atoms with Crippen LogP contribution >= 0.6 is 0 Å². The van der Waals surface area contributed by atoms with Crippen LogP contribution in [0.3, 0.4) is 0 Å². The molecule has 0 aliphatic rings. The maximum Gasteiger partial charge on any atom is 0.303 e. The molecule has 1 aromatic carbocycles. The largest absolute Gasteiger partial charge is 0.481 e. The lowest BCUT2D eigenvalue weighted by molar-refractivity contribution is -0.137. The van der Waals surface area contributed by atoms with Crippen LogP contribution in [0.2, 0.25) is 0 Å². The number of rotatable bonds is 7. The second kappa shape index (κ2) is 7.57. The fourth-order valence-electron chi connectivity index (χ4n) is 1.69. The van der Waals surface area contributed by atoms with Gasteiger partial charge in [0.05, 0.1) is 0 Å². The first-order valence-corrected chi connectivity index (χ1v) is 6.35. The first-order valence-electron chi connectivity index (χ1n) is 6.35. The normalized spacial score (nSPS) is 11.9. The smallest absolute Gasteiger partial charge is 0.303 e. The van der Waals surface area contributed by atoms with Crippen LogP contribution in [0.1, 0.15) is 36.5 Å². The molecule has 20 heavy (non-hydrogen) atoms. The molecule has 110 valence electrons. The number of hydrogen-bond donors (Lipinski definition) is 2. The van der Waals surface area contributed by atoms with Gasteiger partial charge in [0, 0.05) is 18.5 Å². The fraction of sp³-hybridized carbons (Fsp3) is 0.429. The van der Waals surface area contributed by atoms with Crippen molar-refractivity contribution in [2.45, 2.75) is 26.2 Å². The van der Waals surface area contributed by atoms with E-state index in [1.807, 2.05) is 6.92 Å². The standard InChI is InChI=1S/C14H17F2NO3/c1-9(2-5-13(18)19)6-7-17-14(20)10-3-4-11(15)12(16)8-10/h3-4,8-9H,2,5-7H2,1H3,(H,17,20)(H,18,19). The maximum absolute atomic E-state index is 13.0. The van der Waals surface area contributed by atoms with E-state index in [1.165, 1.54) is 6.07 Å². The summed E-state index contributed by atoms with van der Waals surface area (Å²) in [7, 11) is 0. The van der Waals surface area contributed by atoms with Crippen molar-refractivity contribution >= 4 is 11.9 Å². The molecule has 0 spiro atoms. The summed E-state index contributed by atoms with van der Waals surface area (Å²) < 4.78 is 25.7. The highest BCUT2D eigenvalue weighted by Crippen LogP contribution is 2.10. The molecular weight excluding hydrogens is 268 g/mol. The van der Waals surface area contributed by atoms with Gasteiger partial charge < -0.3 is 10.4 Å². The van der Waals surface area contributed by atoms with Crippen molar-refractivity contribution in [1.82, 2.24) is 5.32 Å². The molecule has 1 atom stereocenters. The monoisotopic (exact) mass is 285 g/mol. The van der Waals surface area contributed by atoms with Crippen LogP contribution < -0.4 is 5.32 Å². The van der Waals surface area contributed by atoms with Crippen molar-refractivity contribution in [3.63, 3.8) is 0 Å². The molecule has 0 bridgehead atoms. The number of benzene rings is 1. The van der Waals surface area contributed by atoms with Crippen molar-refractivity contribution in [3.05, 3.63) is 35.4 Å². The Kier molecular flexibility index (Phi) is 6.09. The Bertz CT molecular complexity index is 491. The average molecular weight is 285 g/mol. The number of carboxylic acid groups (broad SMARTS) is 1. The van der Waals surface area contributed by atoms with E-state index in [0.29, 0.717) is 19.4 Å². The summed E-state index contributed by atoms with van der Waals surface area (Å²) in [6, 6.07) is 2.96. The maximum atomic E-state index is 13.0. The van der Waals surface area contributed by atoms with Crippen molar-refractivity contribution < 1.29 is 23.5 Å². The Balaban J connectivity index is 2.36. The van der Waals surface area contributed by atoms with Crippen molar-refractivity contribution in [2.24, 2.45) is 5.92 Å². The van der Waals surface area contributed by atoms with E-state index >= 15 is 0 Å². The molecule has 2 N–H and O–H groups in total. The number of nitrogens with one attached hydrogen (secondary N) is 1. The van der Waals surface area contributed by atoms with Gasteiger partial charge in [0.2, 0.25) is 0 Å². The third kappa shape index (κ3) is 5.34. The lowest BCUT2D eigenvalue weighted by atomic mass is 10.0. The minimum Gasteiger partial charge on any atom is -0.481 e. The van der Waals surface area contributed by atoms with Crippen LogP contribution in [-0.2, 0) is 4.79 Å². The molecule has 0 saturated carbocycles. The van der Waals surface area contributed by atoms with Gasteiger partial charge in [-0.2, -0.15) is 0 Å². The van der Waals surface area contributed by atoms with Crippen molar-refractivity contribution in [1.29, 1.82) is 0 Å². The van der Waals surface area contributed by atoms with Crippen LogP contribution in [-0.4, -0.2) is 23.5 Å². The van der Waals surface area contributed by atoms with Gasteiger partial charge in [0.25, 0.3) is 5.91 Å². The van der Waals surface area contributed by atoms with Gasteiger partial charge in [-0.05, 0) is 37.0 Å². The Morgan fingerprint density at radius 1 is 1.25 bits per heavy atom. The van der Waals surface area contributed by atoms with Gasteiger partial charge in [0.1, 0.15) is 0 Å². The Morgan fingerprint density at radius 2 is 1.95 bits per heavy atom. The van der Waals surface area contributed by atoms with Crippen molar-refractivity contribution in [2.75, 3.05) is 6.54 Å². The van der Waals surface area contributed by atoms with E-state index < -0.39 is 23.5 Å². The van der Waals surface area contributed by atoms with E-state index in [0.717, 1.165) is 12.1 Å². The Hall–Kier alpha value is -1.98. The number of carbonyl (C=O) groups excluding carboxylic acids is 1. The molecule has 6 heteroatoms. The van der Waals surface area contributed by atoms with E-state index in [2.05, 4.69) is 5.32 Å². The molecule has 0 saturated heterocycles. The zero-order valence-corrected chi connectivity index (χ0v) is 11.2. The molecule has 0 heterocycles. The predicted octanol–water partition coefficient (Wildman–Crippen LogP) is 2.59. The van der Waals surface area contributed by atoms with Gasteiger partial charge in [-0.1, -0.05) is 6.92 Å². The average Bonchev–Trinajstić information content (AvgIpc) is 2.39. The first-order chi connectivity index (χ1) is 9.40. The fourth-order valence-corrected chi connectivity index (χ4v) is 1.69. The van der Waals surface area contributed by atoms with Gasteiger partial charge in [-0.3, -0.25) is 9.59 Å². The molecule has 1 unspecified atom stereocenters. The van der Waals surface area contributed by atoms with Crippen molar-refractivity contribution in [3.8, 4) is 0 Å². The summed E-state index contributed by atoms with van der Waals surface area (Å²) >= 11 is 0. The third-order valence-electron chi connectivity index (χ3n) is 2.96. The summed E-state index contributed by atoms with van der Waals surface area (Å²) in [6.45, 7) is 2.26. The molecule has 0 aliphatic heterocycles. The summed E-state index contributed by atoms with van der Waals surface area (Å²) in [4.78, 5) is 22.1. The number of aliphatic carboxylic acids is 1. The molecule has 4 nitrogen and oxygen atoms in total. The number of hydrogen-bond acceptors (Lipinski definition) is 2. The molecule has 1 rings (SSSR count). The van der Waals surface area contributed by atoms with E-state index in [4.69, 9.17) is 5.11 Å². The topological polar surface area (TPSA) is 66.4 Å². The molecule has 0 fully saturated rings. The van der Waals surface area contributed by atoms with Gasteiger partial charge in [0.15, 0.2) is 11.6 Å². The summed E-state index contributed by atoms with van der Waals surface area (Å²) in [5.41, 5.74) is 0.0575. The summed E-state index contributed by atoms with van der Waals surface area (Å²) in [5, 5.41) is 11.1. The Morgan fingerprint density at radius 3 is 2.55 bits per heavy atom. The van der Waals surface area contributed by atoms with Crippen LogP contribution in [0.5, 0.6) is 0 Å². The SMILES string of the molecule is CC(CCNC(=O)c1ccc(F)c(F)c1)CCC(=O)O. The highest BCUT2D eigenvalue weighted by Gasteiger charge is 2.10. The van der Waals surface area contributed by atoms with Crippen LogP contribution in [0, 0.1) is 17.6 Å². The molecule has 0 radical (unpaired) electrons. The quantitative estimate of drug-likeness (QED) is 0.809. The molecule has 1 aromatic rings. The molecular formula is C14H17F2NO3. The number of carbonyl (C=O) groups is 2. The van der Waals surface area contributed by atoms with E-state index in [1.54, 1.807) is 0 Å². The van der Waals surface area contributed by atoms with Gasteiger partial charge >= 0.3 is 5.97 Å². The number of carboxylic acids is 1. The highest BCUT2D eigenvalue weighted by atomic mass is 19.2. The molecule has 0 aliphatic carbocycles. The minimum atomic E-state index is -1.06. The first kappa shape index (κ1) is 16.1. The predicted molar refractivity (Wildman–Crippen MR) is 69.3 cm³/mol. The zero-order chi connectivity index (χ0) is 15.1. The number of amides is 1. The lowest BCUT2D eigenvalue weighted by Crippen LogP contribution is -2.25. The zero-order valence-electron chi connectivity index (χ0n) is 11.2. The molecule has 0 aromatic heterocycles. The van der Waals surface area contributed by atoms with Gasteiger partial charge in [-0.25, -0.2) is 8.78 Å².